The van der Waals surface area contributed by atoms with Crippen molar-refractivity contribution < 1.29 is 8.42 Å². The van der Waals surface area contributed by atoms with Crippen molar-refractivity contribution in [3.05, 3.63) is 30.1 Å². The van der Waals surface area contributed by atoms with Gasteiger partial charge in [0.05, 0.1) is 11.5 Å². The SMILES string of the molecule is NCCS(=O)(=O)Cc1ccncc1. The van der Waals surface area contributed by atoms with Gasteiger partial charge in [0, 0.05) is 18.9 Å². The molecule has 1 rings (SSSR count). The highest BCUT2D eigenvalue weighted by Gasteiger charge is 2.09. The van der Waals surface area contributed by atoms with Crippen LogP contribution in [0, 0.1) is 0 Å². The summed E-state index contributed by atoms with van der Waals surface area (Å²) in [7, 11) is -3.04. The van der Waals surface area contributed by atoms with E-state index in [1.807, 2.05) is 0 Å². The van der Waals surface area contributed by atoms with Gasteiger partial charge in [-0.25, -0.2) is 8.42 Å². The highest BCUT2D eigenvalue weighted by molar-refractivity contribution is 7.90. The first-order chi connectivity index (χ1) is 6.14. The van der Waals surface area contributed by atoms with Crippen LogP contribution in [-0.2, 0) is 15.6 Å². The number of hydrogen-bond acceptors (Lipinski definition) is 4. The number of aromatic nitrogens is 1. The van der Waals surface area contributed by atoms with Crippen LogP contribution in [0.3, 0.4) is 0 Å². The molecule has 0 saturated heterocycles. The van der Waals surface area contributed by atoms with Gasteiger partial charge in [0.15, 0.2) is 9.84 Å². The lowest BCUT2D eigenvalue weighted by molar-refractivity contribution is 0.595. The molecule has 0 aromatic carbocycles. The second-order valence-electron chi connectivity index (χ2n) is 2.74. The van der Waals surface area contributed by atoms with Gasteiger partial charge in [-0.15, -0.1) is 0 Å². The number of pyridine rings is 1. The fourth-order valence-electron chi connectivity index (χ4n) is 0.985. The molecule has 0 atom stereocenters. The van der Waals surface area contributed by atoms with E-state index in [0.717, 1.165) is 5.56 Å². The lowest BCUT2D eigenvalue weighted by Gasteiger charge is -2.01. The highest BCUT2D eigenvalue weighted by Crippen LogP contribution is 2.03. The second kappa shape index (κ2) is 4.34. The van der Waals surface area contributed by atoms with Crippen molar-refractivity contribution in [1.82, 2.24) is 4.98 Å². The maximum atomic E-state index is 11.3. The number of rotatable bonds is 4. The Hall–Kier alpha value is -0.940. The summed E-state index contributed by atoms with van der Waals surface area (Å²) in [6.45, 7) is 0.174. The molecular formula is C8H12N2O2S. The Morgan fingerprint density at radius 3 is 2.46 bits per heavy atom. The van der Waals surface area contributed by atoms with Gasteiger partial charge in [0.2, 0.25) is 0 Å². The monoisotopic (exact) mass is 200 g/mol. The van der Waals surface area contributed by atoms with Crippen molar-refractivity contribution in [2.75, 3.05) is 12.3 Å². The summed E-state index contributed by atoms with van der Waals surface area (Å²) in [5.74, 6) is 0.0854. The van der Waals surface area contributed by atoms with Crippen molar-refractivity contribution in [2.45, 2.75) is 5.75 Å². The van der Waals surface area contributed by atoms with Gasteiger partial charge in [-0.1, -0.05) is 0 Å². The lowest BCUT2D eigenvalue weighted by atomic mass is 10.3. The third kappa shape index (κ3) is 3.52. The van der Waals surface area contributed by atoms with Crippen LogP contribution >= 0.6 is 0 Å². The fourth-order valence-corrected chi connectivity index (χ4v) is 2.19. The normalized spacial score (nSPS) is 11.5. The molecule has 0 unspecified atom stereocenters. The first kappa shape index (κ1) is 10.1. The minimum atomic E-state index is -3.04. The molecule has 4 nitrogen and oxygen atoms in total. The Balaban J connectivity index is 2.70. The zero-order valence-electron chi connectivity index (χ0n) is 7.18. The number of hydrogen-bond donors (Lipinski definition) is 1. The second-order valence-corrected chi connectivity index (χ2v) is 4.92. The van der Waals surface area contributed by atoms with Crippen molar-refractivity contribution in [3.8, 4) is 0 Å². The standard InChI is InChI=1S/C8H12N2O2S/c9-3-6-13(11,12)7-8-1-4-10-5-2-8/h1-2,4-5H,3,6-7,9H2. The van der Waals surface area contributed by atoms with Gasteiger partial charge in [-0.05, 0) is 17.7 Å². The molecule has 1 heterocycles. The Morgan fingerprint density at radius 2 is 1.92 bits per heavy atom. The predicted octanol–water partition coefficient (Wildman–Crippen LogP) is -0.0449. The Bertz CT molecular complexity index is 348. The molecule has 5 heteroatoms. The molecule has 0 fully saturated rings. The third-order valence-electron chi connectivity index (χ3n) is 1.56. The summed E-state index contributed by atoms with van der Waals surface area (Å²) in [5.41, 5.74) is 5.93. The maximum Gasteiger partial charge on any atom is 0.155 e. The van der Waals surface area contributed by atoms with E-state index in [0.29, 0.717) is 0 Å². The van der Waals surface area contributed by atoms with E-state index in [4.69, 9.17) is 5.73 Å². The summed E-state index contributed by atoms with van der Waals surface area (Å²) < 4.78 is 22.6. The van der Waals surface area contributed by atoms with E-state index < -0.39 is 9.84 Å². The molecule has 0 spiro atoms. The van der Waals surface area contributed by atoms with Crippen LogP contribution in [-0.4, -0.2) is 25.7 Å². The molecule has 13 heavy (non-hydrogen) atoms. The zero-order chi connectivity index (χ0) is 9.73. The molecule has 1 aromatic rings. The number of sulfone groups is 1. The minimum absolute atomic E-state index is 0.0370. The van der Waals surface area contributed by atoms with Gasteiger partial charge in [-0.2, -0.15) is 0 Å². The topological polar surface area (TPSA) is 73.1 Å². The van der Waals surface area contributed by atoms with Gasteiger partial charge in [-0.3, -0.25) is 4.98 Å². The van der Waals surface area contributed by atoms with Crippen LogP contribution in [0.1, 0.15) is 5.56 Å². The molecular weight excluding hydrogens is 188 g/mol. The van der Waals surface area contributed by atoms with E-state index in [1.54, 1.807) is 24.5 Å². The summed E-state index contributed by atoms with van der Waals surface area (Å²) >= 11 is 0. The summed E-state index contributed by atoms with van der Waals surface area (Å²) in [4.78, 5) is 3.80. The third-order valence-corrected chi connectivity index (χ3v) is 3.20. The minimum Gasteiger partial charge on any atom is -0.329 e. The van der Waals surface area contributed by atoms with E-state index in [9.17, 15) is 8.42 Å². The van der Waals surface area contributed by atoms with Crippen molar-refractivity contribution in [1.29, 1.82) is 0 Å². The van der Waals surface area contributed by atoms with Crippen LogP contribution in [0.2, 0.25) is 0 Å². The summed E-state index contributed by atoms with van der Waals surface area (Å²) in [6.07, 6.45) is 3.15. The number of nitrogens with zero attached hydrogens (tertiary/aromatic N) is 1. The van der Waals surface area contributed by atoms with Crippen LogP contribution in [0.5, 0.6) is 0 Å². The van der Waals surface area contributed by atoms with E-state index in [-0.39, 0.29) is 18.1 Å². The largest absolute Gasteiger partial charge is 0.329 e. The molecule has 0 amide bonds. The van der Waals surface area contributed by atoms with Crippen LogP contribution in [0.25, 0.3) is 0 Å². The molecule has 0 aliphatic heterocycles. The number of nitrogens with two attached hydrogens (primary N) is 1. The van der Waals surface area contributed by atoms with E-state index in [2.05, 4.69) is 4.98 Å². The van der Waals surface area contributed by atoms with Crippen LogP contribution in [0.4, 0.5) is 0 Å². The van der Waals surface area contributed by atoms with Gasteiger partial charge >= 0.3 is 0 Å². The van der Waals surface area contributed by atoms with Crippen molar-refractivity contribution in [2.24, 2.45) is 5.73 Å². The lowest BCUT2D eigenvalue weighted by Crippen LogP contribution is -2.17. The highest BCUT2D eigenvalue weighted by atomic mass is 32.2. The zero-order valence-corrected chi connectivity index (χ0v) is 8.00. The molecule has 0 aliphatic rings. The smallest absolute Gasteiger partial charge is 0.155 e. The molecule has 0 aliphatic carbocycles. The quantitative estimate of drug-likeness (QED) is 0.740. The van der Waals surface area contributed by atoms with Crippen molar-refractivity contribution in [3.63, 3.8) is 0 Å². The van der Waals surface area contributed by atoms with Crippen LogP contribution in [0.15, 0.2) is 24.5 Å². The van der Waals surface area contributed by atoms with E-state index in [1.165, 1.54) is 0 Å². The maximum absolute atomic E-state index is 11.3. The van der Waals surface area contributed by atoms with Gasteiger partial charge in [0.1, 0.15) is 0 Å². The first-order valence-electron chi connectivity index (χ1n) is 3.93. The molecule has 0 bridgehead atoms. The van der Waals surface area contributed by atoms with Crippen molar-refractivity contribution >= 4 is 9.84 Å². The fraction of sp³-hybridized carbons (Fsp3) is 0.375. The Labute approximate surface area is 77.7 Å². The van der Waals surface area contributed by atoms with E-state index >= 15 is 0 Å². The Morgan fingerprint density at radius 1 is 1.31 bits per heavy atom. The first-order valence-corrected chi connectivity index (χ1v) is 5.75. The van der Waals surface area contributed by atoms with Gasteiger partial charge in [0.25, 0.3) is 0 Å². The Kier molecular flexibility index (Phi) is 3.39. The summed E-state index contributed by atoms with van der Waals surface area (Å²) in [6, 6.07) is 3.38. The average Bonchev–Trinajstić information content (AvgIpc) is 2.04. The average molecular weight is 200 g/mol. The summed E-state index contributed by atoms with van der Waals surface area (Å²) in [5, 5.41) is 0. The molecule has 72 valence electrons. The molecule has 0 radical (unpaired) electrons. The van der Waals surface area contributed by atoms with Gasteiger partial charge < -0.3 is 5.73 Å². The molecule has 0 saturated carbocycles. The molecule has 2 N–H and O–H groups in total. The molecule has 1 aromatic heterocycles. The van der Waals surface area contributed by atoms with Crippen LogP contribution < -0.4 is 5.73 Å². The predicted molar refractivity (Wildman–Crippen MR) is 50.8 cm³/mol.